The molecule has 0 saturated heterocycles. The highest BCUT2D eigenvalue weighted by atomic mass is 15.0. The second-order valence-corrected chi connectivity index (χ2v) is 22.5. The van der Waals surface area contributed by atoms with Gasteiger partial charge in [-0.25, -0.2) is 64.8 Å². The Hall–Kier alpha value is -12.8. The van der Waals surface area contributed by atoms with E-state index in [1.165, 1.54) is 82.5 Å². The summed E-state index contributed by atoms with van der Waals surface area (Å²) in [6.07, 6.45) is 32.0. The van der Waals surface area contributed by atoms with Crippen molar-refractivity contribution in [1.29, 1.82) is 0 Å². The van der Waals surface area contributed by atoms with Gasteiger partial charge < -0.3 is 0 Å². The van der Waals surface area contributed by atoms with Gasteiger partial charge in [0, 0.05) is 97.6 Å². The average molecular weight is 1400 g/mol. The molecule has 0 saturated carbocycles. The Morgan fingerprint density at radius 1 is 0.143 bits per heavy atom. The largest absolute Gasteiger partial charge is 0.265 e. The molecule has 0 aliphatic heterocycles. The second kappa shape index (κ2) is 64.5. The first-order valence-corrected chi connectivity index (χ1v) is 33.8. The van der Waals surface area contributed by atoms with Crippen LogP contribution in [0, 0.1) is 104 Å². The lowest BCUT2D eigenvalue weighted by molar-refractivity contribution is 0.974. The monoisotopic (exact) mass is 1400 g/mol. The van der Waals surface area contributed by atoms with E-state index < -0.39 is 0 Å². The minimum Gasteiger partial charge on any atom is -0.265 e. The van der Waals surface area contributed by atoms with Crippen LogP contribution in [0.3, 0.4) is 0 Å². The molecule has 16 nitrogen and oxygen atoms in total. The van der Waals surface area contributed by atoms with E-state index in [2.05, 4.69) is 194 Å². The van der Waals surface area contributed by atoms with E-state index in [0.717, 1.165) is 39.9 Å². The number of benzene rings is 6. The molecule has 6 aromatic carbocycles. The quantitative estimate of drug-likeness (QED) is 0.138. The van der Waals surface area contributed by atoms with E-state index in [1.54, 1.807) is 80.4 Å². The Bertz CT molecular complexity index is 3110. The van der Waals surface area contributed by atoms with E-state index in [-0.39, 0.29) is 0 Å². The molecule has 105 heavy (non-hydrogen) atoms. The van der Waals surface area contributed by atoms with E-state index >= 15 is 0 Å². The van der Waals surface area contributed by atoms with Gasteiger partial charge in [-0.05, 0) is 175 Å². The van der Waals surface area contributed by atoms with Crippen molar-refractivity contribution in [3.05, 3.63) is 446 Å². The summed E-state index contributed by atoms with van der Waals surface area (Å²) in [4.78, 5) is 60.9. The lowest BCUT2D eigenvalue weighted by Gasteiger charge is -1.82. The van der Waals surface area contributed by atoms with Gasteiger partial charge in [0.05, 0.1) is 0 Å². The summed E-state index contributed by atoms with van der Waals surface area (Å²) in [5.41, 5.74) is 15.7. The van der Waals surface area contributed by atoms with Crippen LogP contribution in [0.5, 0.6) is 0 Å². The number of rotatable bonds is 0. The van der Waals surface area contributed by atoms with Gasteiger partial charge in [-0.3, -0.25) is 15.0 Å². The van der Waals surface area contributed by atoms with Crippen LogP contribution < -0.4 is 0 Å². The average Bonchev–Trinajstić information content (AvgIpc) is 3.69. The number of hydrogen-bond acceptors (Lipinski definition) is 16. The predicted molar refractivity (Wildman–Crippen MR) is 432 cm³/mol. The third-order valence-corrected chi connectivity index (χ3v) is 12.3. The maximum atomic E-state index is 3.98. The van der Waals surface area contributed by atoms with Crippen LogP contribution in [0.25, 0.3) is 0 Å². The first-order chi connectivity index (χ1) is 50.9. The molecule has 0 spiro atoms. The molecule has 15 aromatic rings. The first kappa shape index (κ1) is 90.2. The van der Waals surface area contributed by atoms with Crippen molar-refractivity contribution in [1.82, 2.24) is 79.7 Å². The standard InChI is InChI=1S/6C7H8.3C6H7N.5C5H6N2.C4H5N3/c6*1-7-5-3-2-4-6-7;1-6-2-4-7-5-3-6;1-6-3-2-4-7-5-6;1-6-4-2-3-5-7-6;2*1-5-2-6-4-7-3-5;2*1-5-2-3-6-4-7-5;1-5-6-3-2-4-7-5;1-4-6-2-5-3-7-4/h6*2-6H,1H3;3*2-5H,1H3;5*2-4H,1H3;2-3H,1H3. The number of aromatic nitrogens is 16. The van der Waals surface area contributed by atoms with Crippen molar-refractivity contribution in [3.63, 3.8) is 0 Å². The third-order valence-electron chi connectivity index (χ3n) is 12.3. The summed E-state index contributed by atoms with van der Waals surface area (Å²) in [5.74, 6) is 1.58. The Morgan fingerprint density at radius 3 is 0.571 bits per heavy atom. The van der Waals surface area contributed by atoms with E-state index in [1.807, 2.05) is 232 Å². The zero-order valence-electron chi connectivity index (χ0n) is 63.7. The third kappa shape index (κ3) is 63.1. The maximum Gasteiger partial charge on any atom is 0.128 e. The van der Waals surface area contributed by atoms with Crippen LogP contribution in [-0.2, 0) is 0 Å². The summed E-state index contributed by atoms with van der Waals surface area (Å²) in [6.45, 7) is 30.0. The summed E-state index contributed by atoms with van der Waals surface area (Å²) < 4.78 is 0. The topological polar surface area (TPSA) is 206 Å². The molecule has 0 aliphatic carbocycles. The van der Waals surface area contributed by atoms with Gasteiger partial charge in [0.1, 0.15) is 49.6 Å². The molecule has 0 fully saturated rings. The van der Waals surface area contributed by atoms with Crippen molar-refractivity contribution in [3.8, 4) is 0 Å². The van der Waals surface area contributed by atoms with Gasteiger partial charge >= 0.3 is 0 Å². The molecular weight excluding hydrogens is 1290 g/mol. The molecule has 0 atom stereocenters. The normalized spacial score (nSPS) is 8.71. The lowest BCUT2D eigenvalue weighted by Crippen LogP contribution is -1.84. The Kier molecular flexibility index (Phi) is 55.4. The number of aryl methyl sites for hydroxylation is 15. The van der Waals surface area contributed by atoms with Gasteiger partial charge in [0.15, 0.2) is 0 Å². The van der Waals surface area contributed by atoms with Crippen LogP contribution >= 0.6 is 0 Å². The highest BCUT2D eigenvalue weighted by Gasteiger charge is 1.82. The number of pyridine rings is 3. The molecule has 0 N–H and O–H groups in total. The SMILES string of the molecule is Cc1ccccc1.Cc1ccccc1.Cc1ccccc1.Cc1ccccc1.Cc1ccccc1.Cc1ccccc1.Cc1ccccn1.Cc1cccnc1.Cc1ccncc1.Cc1ccncn1.Cc1ccncn1.Cc1cncnc1.Cc1cncnc1.Cc1ncccn1.Cc1ncncn1. The predicted octanol–water partition coefficient (Wildman–Crippen LogP) is 20.2. The number of hydrogen-bond donors (Lipinski definition) is 0. The van der Waals surface area contributed by atoms with Crippen LogP contribution in [0.2, 0.25) is 0 Å². The van der Waals surface area contributed by atoms with Gasteiger partial charge in [0.25, 0.3) is 0 Å². The molecule has 0 bridgehead atoms. The Morgan fingerprint density at radius 2 is 0.419 bits per heavy atom. The minimum absolute atomic E-state index is 0.759. The fourth-order valence-electron chi connectivity index (χ4n) is 6.66. The molecule has 16 heteroatoms. The summed E-state index contributed by atoms with van der Waals surface area (Å²) in [6, 6.07) is 80.8. The second-order valence-electron chi connectivity index (χ2n) is 22.5. The van der Waals surface area contributed by atoms with Crippen LogP contribution in [-0.4, -0.2) is 79.7 Å². The van der Waals surface area contributed by atoms with Crippen LogP contribution in [0.4, 0.5) is 0 Å². The van der Waals surface area contributed by atoms with Gasteiger partial charge in [-0.1, -0.05) is 228 Å². The van der Waals surface area contributed by atoms with Gasteiger partial charge in [-0.15, -0.1) is 0 Å². The van der Waals surface area contributed by atoms with E-state index in [9.17, 15) is 0 Å². The highest BCUT2D eigenvalue weighted by Crippen LogP contribution is 1.98. The highest BCUT2D eigenvalue weighted by molar-refractivity contribution is 5.16. The molecule has 15 rings (SSSR count). The summed E-state index contributed by atoms with van der Waals surface area (Å²) >= 11 is 0. The smallest absolute Gasteiger partial charge is 0.128 e. The molecule has 9 aromatic heterocycles. The molecule has 9 heterocycles. The van der Waals surface area contributed by atoms with Gasteiger partial charge in [-0.2, -0.15) is 0 Å². The Balaban J connectivity index is 0.000000562. The minimum atomic E-state index is 0.759. The van der Waals surface area contributed by atoms with Gasteiger partial charge in [0.2, 0.25) is 0 Å². The molecule has 0 aliphatic rings. The van der Waals surface area contributed by atoms with Crippen molar-refractivity contribution in [2.75, 3.05) is 0 Å². The van der Waals surface area contributed by atoms with E-state index in [4.69, 9.17) is 0 Å². The number of nitrogens with zero attached hydrogens (tertiary/aromatic N) is 16. The fraction of sp³-hybridized carbons (Fsp3) is 0.169. The van der Waals surface area contributed by atoms with Crippen LogP contribution in [0.1, 0.15) is 84.4 Å². The molecule has 0 unspecified atom stereocenters. The molecule has 0 radical (unpaired) electrons. The molecule has 0 amide bonds. The fourth-order valence-corrected chi connectivity index (χ4v) is 6.66. The summed E-state index contributed by atoms with van der Waals surface area (Å²) in [7, 11) is 0. The van der Waals surface area contributed by atoms with Crippen LogP contribution in [0.15, 0.2) is 361 Å². The van der Waals surface area contributed by atoms with E-state index in [0.29, 0.717) is 0 Å². The Labute approximate surface area is 625 Å². The van der Waals surface area contributed by atoms with Crippen molar-refractivity contribution in [2.45, 2.75) is 104 Å². The molecule has 540 valence electrons. The molecular formula is C89H104N16. The maximum absolute atomic E-state index is 3.98. The summed E-state index contributed by atoms with van der Waals surface area (Å²) in [5, 5.41) is 0. The zero-order valence-corrected chi connectivity index (χ0v) is 63.7. The van der Waals surface area contributed by atoms with Crippen molar-refractivity contribution >= 4 is 0 Å². The zero-order chi connectivity index (χ0) is 76.7. The lowest BCUT2D eigenvalue weighted by atomic mass is 10.2. The van der Waals surface area contributed by atoms with Crippen molar-refractivity contribution < 1.29 is 0 Å². The van der Waals surface area contributed by atoms with Crippen molar-refractivity contribution in [2.24, 2.45) is 0 Å². The first-order valence-electron chi connectivity index (χ1n) is 33.8.